The van der Waals surface area contributed by atoms with Crippen LogP contribution in [0.25, 0.3) is 0 Å². The van der Waals surface area contributed by atoms with Crippen LogP contribution in [0, 0.1) is 11.6 Å². The number of imidazole rings is 1. The maximum Gasteiger partial charge on any atom is 0.432 e. The molecule has 1 aromatic heterocycles. The Morgan fingerprint density at radius 2 is 2.16 bits per heavy atom. The second-order valence-electron chi connectivity index (χ2n) is 7.94. The van der Waals surface area contributed by atoms with Gasteiger partial charge in [-0.05, 0) is 6.07 Å². The van der Waals surface area contributed by atoms with Crippen molar-refractivity contribution in [3.8, 4) is 0 Å². The van der Waals surface area contributed by atoms with Crippen molar-refractivity contribution >= 4 is 5.91 Å². The van der Waals surface area contributed by atoms with Crippen LogP contribution in [0.4, 0.5) is 22.0 Å². The summed E-state index contributed by atoms with van der Waals surface area (Å²) in [5.74, 6) is -1.73. The molecule has 2 N–H and O–H groups in total. The van der Waals surface area contributed by atoms with E-state index in [9.17, 15) is 26.7 Å². The summed E-state index contributed by atoms with van der Waals surface area (Å²) in [6, 6.07) is 3.10. The van der Waals surface area contributed by atoms with E-state index in [-0.39, 0.29) is 37.5 Å². The van der Waals surface area contributed by atoms with Crippen LogP contribution in [0.2, 0.25) is 0 Å². The molecule has 2 fully saturated rings. The van der Waals surface area contributed by atoms with E-state index in [4.69, 9.17) is 9.47 Å². The highest BCUT2D eigenvalue weighted by atomic mass is 19.4. The Kier molecular flexibility index (Phi) is 6.19. The van der Waals surface area contributed by atoms with Crippen LogP contribution in [0.5, 0.6) is 0 Å². The number of hydrogen-bond donors (Lipinski definition) is 2. The van der Waals surface area contributed by atoms with E-state index < -0.39 is 41.1 Å². The summed E-state index contributed by atoms with van der Waals surface area (Å²) in [6.07, 6.45) is -4.31. The van der Waals surface area contributed by atoms with Crippen molar-refractivity contribution < 1.29 is 36.2 Å². The molecule has 2 atom stereocenters. The van der Waals surface area contributed by atoms with Gasteiger partial charge in [0.15, 0.2) is 0 Å². The van der Waals surface area contributed by atoms with Crippen molar-refractivity contribution in [3.63, 3.8) is 0 Å². The van der Waals surface area contributed by atoms with E-state index in [1.165, 1.54) is 6.07 Å². The molecule has 1 amide bonds. The Hall–Kier alpha value is -2.57. The third-order valence-electron chi connectivity index (χ3n) is 5.50. The topological polar surface area (TPSA) is 79.5 Å². The number of morpholine rings is 1. The second kappa shape index (κ2) is 8.75. The Bertz CT molecular complexity index is 982. The first-order valence-corrected chi connectivity index (χ1v) is 9.94. The number of aromatic nitrogens is 2. The van der Waals surface area contributed by atoms with Gasteiger partial charge in [-0.15, -0.1) is 0 Å². The Labute approximate surface area is 179 Å². The van der Waals surface area contributed by atoms with Crippen LogP contribution >= 0.6 is 0 Å². The Balaban J connectivity index is 1.32. The number of alkyl halides is 3. The van der Waals surface area contributed by atoms with Crippen LogP contribution in [0.3, 0.4) is 0 Å². The zero-order valence-corrected chi connectivity index (χ0v) is 16.8. The molecule has 2 aliphatic rings. The van der Waals surface area contributed by atoms with Gasteiger partial charge in [-0.3, -0.25) is 9.69 Å². The first-order valence-electron chi connectivity index (χ1n) is 9.94. The largest absolute Gasteiger partial charge is 0.432 e. The molecule has 2 aromatic rings. The van der Waals surface area contributed by atoms with E-state index in [2.05, 4.69) is 15.3 Å². The van der Waals surface area contributed by atoms with E-state index in [0.29, 0.717) is 19.7 Å². The normalized spacial score (nSPS) is 24.2. The number of benzene rings is 1. The number of amides is 1. The number of carbonyl (C=O) groups excluding carboxylic acids is 1. The quantitative estimate of drug-likeness (QED) is 0.670. The molecule has 3 heterocycles. The SMILES string of the molecule is O=C(NCc1ccc(F)cc1F)C1CC2(CO1)CN(Cc1ncc(C(F)(F)F)[nH]1)CCO2. The summed E-state index contributed by atoms with van der Waals surface area (Å²) >= 11 is 0. The average molecular weight is 460 g/mol. The van der Waals surface area contributed by atoms with E-state index in [1.54, 1.807) is 0 Å². The van der Waals surface area contributed by atoms with Gasteiger partial charge in [-0.2, -0.15) is 13.2 Å². The number of rotatable bonds is 5. The van der Waals surface area contributed by atoms with Crippen molar-refractivity contribution in [2.45, 2.75) is 37.4 Å². The predicted octanol–water partition coefficient (Wildman–Crippen LogP) is 2.38. The third kappa shape index (κ3) is 5.08. The fourth-order valence-corrected chi connectivity index (χ4v) is 3.91. The molecule has 0 saturated carbocycles. The molecule has 0 radical (unpaired) electrons. The lowest BCUT2D eigenvalue weighted by Crippen LogP contribution is -2.52. The number of H-pyrrole nitrogens is 1. The maximum absolute atomic E-state index is 13.7. The van der Waals surface area contributed by atoms with Gasteiger partial charge in [0, 0.05) is 37.7 Å². The lowest BCUT2D eigenvalue weighted by Gasteiger charge is -2.39. The van der Waals surface area contributed by atoms with Crippen molar-refractivity contribution in [3.05, 3.63) is 53.1 Å². The molecule has 2 saturated heterocycles. The monoisotopic (exact) mass is 460 g/mol. The Morgan fingerprint density at radius 1 is 1.34 bits per heavy atom. The smallest absolute Gasteiger partial charge is 0.370 e. The lowest BCUT2D eigenvalue weighted by atomic mass is 9.97. The summed E-state index contributed by atoms with van der Waals surface area (Å²) < 4.78 is 76.5. The first kappa shape index (κ1) is 22.6. The number of aromatic amines is 1. The average Bonchev–Trinajstić information content (AvgIpc) is 3.35. The zero-order chi connectivity index (χ0) is 22.9. The van der Waals surface area contributed by atoms with Crippen molar-refractivity contribution in [2.75, 3.05) is 26.3 Å². The van der Waals surface area contributed by atoms with Gasteiger partial charge in [0.1, 0.15) is 34.9 Å². The van der Waals surface area contributed by atoms with E-state index in [1.807, 2.05) is 4.90 Å². The van der Waals surface area contributed by atoms with E-state index >= 15 is 0 Å². The molecule has 1 aromatic carbocycles. The highest BCUT2D eigenvalue weighted by Crippen LogP contribution is 2.32. The Morgan fingerprint density at radius 3 is 2.88 bits per heavy atom. The molecule has 12 heteroatoms. The number of halogens is 5. The van der Waals surface area contributed by atoms with E-state index in [0.717, 1.165) is 18.3 Å². The minimum Gasteiger partial charge on any atom is -0.370 e. The zero-order valence-electron chi connectivity index (χ0n) is 16.8. The lowest BCUT2D eigenvalue weighted by molar-refractivity contribution is -0.141. The van der Waals surface area contributed by atoms with Gasteiger partial charge >= 0.3 is 6.18 Å². The van der Waals surface area contributed by atoms with Gasteiger partial charge in [-0.1, -0.05) is 6.07 Å². The standard InChI is InChI=1S/C20H21F5N4O3/c21-13-2-1-12(14(22)5-13)7-27-18(30)15-6-19(11-31-15)10-29(3-4-32-19)9-17-26-8-16(28-17)20(23,24)25/h1-2,5,8,15H,3-4,6-7,9-11H2,(H,26,28)(H,27,30). The van der Waals surface area contributed by atoms with Gasteiger partial charge in [0.2, 0.25) is 5.91 Å². The van der Waals surface area contributed by atoms with Crippen LogP contribution in [0.1, 0.15) is 23.5 Å². The summed E-state index contributed by atoms with van der Waals surface area (Å²) in [4.78, 5) is 20.4. The number of nitrogens with zero attached hydrogens (tertiary/aromatic N) is 2. The molecule has 7 nitrogen and oxygen atoms in total. The van der Waals surface area contributed by atoms with Crippen molar-refractivity contribution in [1.82, 2.24) is 20.2 Å². The molecule has 2 unspecified atom stereocenters. The van der Waals surface area contributed by atoms with Crippen LogP contribution in [-0.2, 0) is 33.5 Å². The maximum atomic E-state index is 13.7. The molecular weight excluding hydrogens is 439 g/mol. The van der Waals surface area contributed by atoms with Crippen molar-refractivity contribution in [2.24, 2.45) is 0 Å². The highest BCUT2D eigenvalue weighted by molar-refractivity contribution is 5.81. The van der Waals surface area contributed by atoms with Gasteiger partial charge in [0.05, 0.1) is 26.0 Å². The molecule has 174 valence electrons. The molecule has 2 aliphatic heterocycles. The van der Waals surface area contributed by atoms with Crippen LogP contribution in [0.15, 0.2) is 24.4 Å². The number of nitrogens with one attached hydrogen (secondary N) is 2. The van der Waals surface area contributed by atoms with Gasteiger partial charge in [0.25, 0.3) is 0 Å². The summed E-state index contributed by atoms with van der Waals surface area (Å²) in [5.41, 5.74) is -1.54. The molecule has 1 spiro atoms. The minimum atomic E-state index is -4.49. The molecule has 0 bridgehead atoms. The fraction of sp³-hybridized carbons (Fsp3) is 0.500. The summed E-state index contributed by atoms with van der Waals surface area (Å²) in [7, 11) is 0. The molecular formula is C20H21F5N4O3. The fourth-order valence-electron chi connectivity index (χ4n) is 3.91. The molecule has 32 heavy (non-hydrogen) atoms. The highest BCUT2D eigenvalue weighted by Gasteiger charge is 2.47. The van der Waals surface area contributed by atoms with Crippen LogP contribution < -0.4 is 5.32 Å². The summed E-state index contributed by atoms with van der Waals surface area (Å²) in [6.45, 7) is 1.35. The number of ether oxygens (including phenoxy) is 2. The first-order chi connectivity index (χ1) is 15.1. The molecule has 0 aliphatic carbocycles. The number of carbonyl (C=O) groups is 1. The third-order valence-corrected chi connectivity index (χ3v) is 5.50. The van der Waals surface area contributed by atoms with Gasteiger partial charge in [-0.25, -0.2) is 13.8 Å². The predicted molar refractivity (Wildman–Crippen MR) is 100 cm³/mol. The van der Waals surface area contributed by atoms with Crippen LogP contribution in [-0.4, -0.2) is 58.8 Å². The summed E-state index contributed by atoms with van der Waals surface area (Å²) in [5, 5.41) is 2.57. The van der Waals surface area contributed by atoms with Crippen molar-refractivity contribution in [1.29, 1.82) is 0 Å². The molecule has 4 rings (SSSR count). The van der Waals surface area contributed by atoms with Gasteiger partial charge < -0.3 is 19.8 Å². The minimum absolute atomic E-state index is 0.120. The second-order valence-corrected chi connectivity index (χ2v) is 7.94. The number of hydrogen-bond acceptors (Lipinski definition) is 5.